The fraction of sp³-hybridized carbons (Fsp3) is 0.689. The quantitative estimate of drug-likeness (QED) is 0.0183. The molecule has 10 heteroatoms. The molecule has 2 atom stereocenters. The number of hydrogen-bond acceptors (Lipinski definition) is 7. The third-order valence-electron chi connectivity index (χ3n) is 8.78. The van der Waals surface area contributed by atoms with Crippen molar-refractivity contribution < 1.29 is 43.0 Å². The number of aliphatic hydroxyl groups is 1. The third-order valence-corrected chi connectivity index (χ3v) is 9.26. The van der Waals surface area contributed by atoms with E-state index in [1.165, 1.54) is 77.0 Å². The minimum atomic E-state index is -4.79. The highest BCUT2D eigenvalue weighted by Gasteiger charge is 2.22. The van der Waals surface area contributed by atoms with Crippen molar-refractivity contribution in [2.24, 2.45) is 0 Å². The molecule has 0 radical (unpaired) electrons. The van der Waals surface area contributed by atoms with Gasteiger partial charge in [-0.25, -0.2) is 4.57 Å². The number of phosphoric ester groups is 1. The lowest BCUT2D eigenvalue weighted by Gasteiger charge is -2.18. The summed E-state index contributed by atoms with van der Waals surface area (Å²) in [6.07, 6.45) is 47.9. The number of rotatable bonds is 38. The number of carbonyl (C=O) groups excluding carboxylic acids is 2. The van der Waals surface area contributed by atoms with Gasteiger partial charge >= 0.3 is 19.8 Å². The fourth-order valence-corrected chi connectivity index (χ4v) is 5.89. The molecule has 316 valence electrons. The molecule has 55 heavy (non-hydrogen) atoms. The van der Waals surface area contributed by atoms with Gasteiger partial charge in [0.2, 0.25) is 0 Å². The van der Waals surface area contributed by atoms with Gasteiger partial charge in [-0.2, -0.15) is 0 Å². The van der Waals surface area contributed by atoms with Crippen LogP contribution in [0.1, 0.15) is 174 Å². The molecule has 0 unspecified atom stereocenters. The topological polar surface area (TPSA) is 140 Å². The lowest BCUT2D eigenvalue weighted by molar-refractivity contribution is -0.161. The fourth-order valence-electron chi connectivity index (χ4n) is 5.53. The summed E-state index contributed by atoms with van der Waals surface area (Å²) >= 11 is 0. The smallest absolute Gasteiger partial charge is 0.462 e. The molecule has 0 rings (SSSR count). The number of aliphatic hydroxyl groups excluding tert-OH is 1. The van der Waals surface area contributed by atoms with Crippen molar-refractivity contribution in [3.8, 4) is 0 Å². The Balaban J connectivity index is 4.07. The first-order chi connectivity index (χ1) is 26.7. The van der Waals surface area contributed by atoms with Crippen LogP contribution >= 0.6 is 7.82 Å². The van der Waals surface area contributed by atoms with Gasteiger partial charge in [0.05, 0.1) is 12.7 Å². The van der Waals surface area contributed by atoms with Crippen molar-refractivity contribution in [3.63, 3.8) is 0 Å². The van der Waals surface area contributed by atoms with Gasteiger partial charge in [-0.05, 0) is 77.0 Å². The molecule has 0 aliphatic rings. The first-order valence-electron chi connectivity index (χ1n) is 21.3. The van der Waals surface area contributed by atoms with Crippen LogP contribution in [0.25, 0.3) is 0 Å². The van der Waals surface area contributed by atoms with E-state index in [9.17, 15) is 19.3 Å². The first kappa shape index (κ1) is 52.5. The van der Waals surface area contributed by atoms with E-state index in [0.717, 1.165) is 44.9 Å². The van der Waals surface area contributed by atoms with Crippen LogP contribution in [-0.2, 0) is 28.2 Å². The maximum atomic E-state index is 12.4. The summed E-state index contributed by atoms with van der Waals surface area (Å²) in [5, 5.41) is 10.0. The number of phosphoric acid groups is 1. The monoisotopic (exact) mass is 793 g/mol. The van der Waals surface area contributed by atoms with Crippen LogP contribution in [0.2, 0.25) is 0 Å². The summed E-state index contributed by atoms with van der Waals surface area (Å²) in [4.78, 5) is 42.9. The highest BCUT2D eigenvalue weighted by atomic mass is 31.2. The molecule has 9 nitrogen and oxygen atoms in total. The molecule has 0 aromatic rings. The Bertz CT molecular complexity index is 1140. The van der Waals surface area contributed by atoms with E-state index in [2.05, 4.69) is 48.8 Å². The Morgan fingerprint density at radius 3 is 1.64 bits per heavy atom. The van der Waals surface area contributed by atoms with Crippen molar-refractivity contribution in [1.82, 2.24) is 0 Å². The molecule has 0 aliphatic heterocycles. The number of unbranched alkanes of at least 4 members (excludes halogenated alkanes) is 16. The zero-order valence-corrected chi connectivity index (χ0v) is 35.3. The van der Waals surface area contributed by atoms with E-state index in [4.69, 9.17) is 19.3 Å². The largest absolute Gasteiger partial charge is 0.469 e. The lowest BCUT2D eigenvalue weighted by Crippen LogP contribution is -2.29. The molecular formula is C45H77O9P. The second-order valence-electron chi connectivity index (χ2n) is 14.2. The van der Waals surface area contributed by atoms with Gasteiger partial charge < -0.3 is 24.4 Å². The molecule has 0 amide bonds. The molecule has 0 fully saturated rings. The van der Waals surface area contributed by atoms with Gasteiger partial charge in [-0.15, -0.1) is 0 Å². The van der Waals surface area contributed by atoms with E-state index in [-0.39, 0.29) is 19.4 Å². The van der Waals surface area contributed by atoms with Crippen LogP contribution < -0.4 is 0 Å². The summed E-state index contributed by atoms with van der Waals surface area (Å²) in [5.74, 6) is -1.00. The number of ether oxygens (including phenoxy) is 2. The van der Waals surface area contributed by atoms with Crippen LogP contribution in [0.5, 0.6) is 0 Å². The molecule has 0 bridgehead atoms. The average Bonchev–Trinajstić information content (AvgIpc) is 3.15. The van der Waals surface area contributed by atoms with E-state index < -0.39 is 38.6 Å². The Morgan fingerprint density at radius 2 is 1.05 bits per heavy atom. The number of carbonyl (C=O) groups is 2. The van der Waals surface area contributed by atoms with Crippen molar-refractivity contribution in [2.45, 2.75) is 187 Å². The summed E-state index contributed by atoms with van der Waals surface area (Å²) in [6, 6.07) is 0. The van der Waals surface area contributed by atoms with Crippen LogP contribution in [0.4, 0.5) is 0 Å². The molecule has 0 saturated heterocycles. The Labute approximate surface area is 334 Å². The highest BCUT2D eigenvalue weighted by molar-refractivity contribution is 7.46. The lowest BCUT2D eigenvalue weighted by atomic mass is 10.1. The molecular weight excluding hydrogens is 715 g/mol. The summed E-state index contributed by atoms with van der Waals surface area (Å²) < 4.78 is 26.3. The summed E-state index contributed by atoms with van der Waals surface area (Å²) in [6.45, 7) is 3.50. The van der Waals surface area contributed by atoms with E-state index in [1.807, 2.05) is 36.5 Å². The second kappa shape index (κ2) is 39.7. The summed E-state index contributed by atoms with van der Waals surface area (Å²) in [5.41, 5.74) is 0. The number of esters is 2. The number of hydrogen-bond donors (Lipinski definition) is 3. The zero-order valence-electron chi connectivity index (χ0n) is 34.4. The molecule has 0 aromatic carbocycles. The SMILES string of the molecule is CCCCC/C=C\C=C/[C@@H](O)C/C=C\C/C=C/CCCC(=O)OC[C@H](COP(=O)(O)O)OC(=O)CCCCCCCCCCC/C=C\C/C=C\CCCCC. The van der Waals surface area contributed by atoms with Crippen LogP contribution in [0.15, 0.2) is 72.9 Å². The van der Waals surface area contributed by atoms with Crippen LogP contribution in [0.3, 0.4) is 0 Å². The minimum Gasteiger partial charge on any atom is -0.462 e. The Hall–Kier alpha value is -2.55. The molecule has 3 N–H and O–H groups in total. The Kier molecular flexibility index (Phi) is 37.8. The first-order valence-corrected chi connectivity index (χ1v) is 22.9. The molecule has 0 aromatic heterocycles. The standard InChI is InChI=1S/C45H77O9P/c1-3-5-7-9-11-12-13-14-15-16-17-18-19-20-21-22-26-31-35-39-45(48)54-43(41-53-55(49,50)51)40-52-44(47)38-34-30-27-23-25-29-33-37-42(46)36-32-28-24-10-8-6-4-2/h11-12,14-15,23-24,27-29,32-33,36,42-43,46H,3-10,13,16-22,25-26,30-31,34-35,37-41H2,1-2H3,(H2,49,50,51)/b12-11-,15-14-,27-23+,28-24-,33-29-,36-32-/t42-,43-/m1/s1. The maximum Gasteiger partial charge on any atom is 0.469 e. The Morgan fingerprint density at radius 1 is 0.564 bits per heavy atom. The van der Waals surface area contributed by atoms with Crippen molar-refractivity contribution in [2.75, 3.05) is 13.2 Å². The van der Waals surface area contributed by atoms with E-state index in [0.29, 0.717) is 25.7 Å². The van der Waals surface area contributed by atoms with Gasteiger partial charge in [0.15, 0.2) is 6.10 Å². The minimum absolute atomic E-state index is 0.153. The van der Waals surface area contributed by atoms with E-state index >= 15 is 0 Å². The molecule has 0 saturated carbocycles. The predicted octanol–water partition coefficient (Wildman–Crippen LogP) is 12.0. The van der Waals surface area contributed by atoms with Gasteiger partial charge in [-0.3, -0.25) is 14.1 Å². The molecule has 0 spiro atoms. The van der Waals surface area contributed by atoms with Crippen LogP contribution in [-0.4, -0.2) is 52.3 Å². The van der Waals surface area contributed by atoms with E-state index in [1.54, 1.807) is 6.08 Å². The number of allylic oxidation sites excluding steroid dienone is 10. The second-order valence-corrected chi connectivity index (χ2v) is 15.4. The summed E-state index contributed by atoms with van der Waals surface area (Å²) in [7, 11) is -4.79. The maximum absolute atomic E-state index is 12.4. The normalized spacial score (nSPS) is 13.8. The molecule has 0 aliphatic carbocycles. The van der Waals surface area contributed by atoms with Crippen molar-refractivity contribution in [3.05, 3.63) is 72.9 Å². The van der Waals surface area contributed by atoms with Crippen LogP contribution in [0, 0.1) is 0 Å². The predicted molar refractivity (Wildman–Crippen MR) is 226 cm³/mol. The van der Waals surface area contributed by atoms with Gasteiger partial charge in [0.1, 0.15) is 6.61 Å². The average molecular weight is 793 g/mol. The highest BCUT2D eigenvalue weighted by Crippen LogP contribution is 2.36. The van der Waals surface area contributed by atoms with Crippen molar-refractivity contribution >= 4 is 19.8 Å². The van der Waals surface area contributed by atoms with Gasteiger partial charge in [0, 0.05) is 12.8 Å². The van der Waals surface area contributed by atoms with Crippen molar-refractivity contribution in [1.29, 1.82) is 0 Å². The van der Waals surface area contributed by atoms with Gasteiger partial charge in [-0.1, -0.05) is 157 Å². The molecule has 0 heterocycles. The zero-order chi connectivity index (χ0) is 40.5. The third kappa shape index (κ3) is 42.4. The van der Waals surface area contributed by atoms with Gasteiger partial charge in [0.25, 0.3) is 0 Å².